The summed E-state index contributed by atoms with van der Waals surface area (Å²) in [6.45, 7) is 6.93. The Balaban J connectivity index is 3.12. The van der Waals surface area contributed by atoms with E-state index in [1.807, 2.05) is 0 Å². The summed E-state index contributed by atoms with van der Waals surface area (Å²) < 4.78 is 0. The van der Waals surface area contributed by atoms with Crippen molar-refractivity contribution in [2.24, 2.45) is 5.92 Å². The third-order valence-corrected chi connectivity index (χ3v) is 3.77. The van der Waals surface area contributed by atoms with Crippen molar-refractivity contribution in [2.75, 3.05) is 0 Å². The number of hydrogen-bond donors (Lipinski definition) is 0. The van der Waals surface area contributed by atoms with E-state index >= 15 is 0 Å². The fraction of sp³-hybridized carbons (Fsp3) is 0.889. The van der Waals surface area contributed by atoms with E-state index < -0.39 is 0 Å². The van der Waals surface area contributed by atoms with Gasteiger partial charge < -0.3 is 0 Å². The molecule has 0 spiro atoms. The summed E-state index contributed by atoms with van der Waals surface area (Å²) in [6, 6.07) is 0. The molecule has 1 atom stereocenters. The molecule has 0 bridgehead atoms. The van der Waals surface area contributed by atoms with Gasteiger partial charge in [-0.2, -0.15) is 0 Å². The molecule has 0 radical (unpaired) electrons. The van der Waals surface area contributed by atoms with Crippen LogP contribution in [0, 0.1) is 5.92 Å². The molecule has 0 aromatic carbocycles. The van der Waals surface area contributed by atoms with Crippen molar-refractivity contribution < 1.29 is 0 Å². The monoisotopic (exact) mass is 252 g/mol. The van der Waals surface area contributed by atoms with Gasteiger partial charge in [-0.05, 0) is 25.2 Å². The van der Waals surface area contributed by atoms with Gasteiger partial charge in [0.2, 0.25) is 0 Å². The van der Waals surface area contributed by atoms with Crippen LogP contribution in [-0.2, 0) is 0 Å². The standard InChI is InChI=1S/C18H36/c1-4-6-8-9-10-11-12-13-15-17-18(3)16-14-7-5-2/h6,8,18H,4-5,7,9-17H2,1-3H3/b8-6+. The number of allylic oxidation sites excluding steroid dienone is 2. The van der Waals surface area contributed by atoms with Crippen molar-refractivity contribution >= 4 is 0 Å². The summed E-state index contributed by atoms with van der Waals surface area (Å²) in [6.07, 6.45) is 21.4. The fourth-order valence-electron chi connectivity index (χ4n) is 2.46. The lowest BCUT2D eigenvalue weighted by Gasteiger charge is -2.10. The van der Waals surface area contributed by atoms with Crippen LogP contribution < -0.4 is 0 Å². The third kappa shape index (κ3) is 13.8. The zero-order valence-electron chi connectivity index (χ0n) is 13.2. The van der Waals surface area contributed by atoms with Crippen molar-refractivity contribution in [1.29, 1.82) is 0 Å². The van der Waals surface area contributed by atoms with E-state index in [1.54, 1.807) is 0 Å². The van der Waals surface area contributed by atoms with Crippen molar-refractivity contribution in [2.45, 2.75) is 97.8 Å². The molecule has 0 saturated heterocycles. The van der Waals surface area contributed by atoms with Gasteiger partial charge in [-0.3, -0.25) is 0 Å². The Bertz CT molecular complexity index is 169. The quantitative estimate of drug-likeness (QED) is 0.247. The molecule has 0 heterocycles. The van der Waals surface area contributed by atoms with Gasteiger partial charge in [-0.15, -0.1) is 0 Å². The summed E-state index contributed by atoms with van der Waals surface area (Å²) >= 11 is 0. The first-order valence-electron chi connectivity index (χ1n) is 8.46. The van der Waals surface area contributed by atoms with Crippen LogP contribution in [0.3, 0.4) is 0 Å². The maximum Gasteiger partial charge on any atom is -0.0351 e. The van der Waals surface area contributed by atoms with E-state index in [1.165, 1.54) is 77.0 Å². The highest BCUT2D eigenvalue weighted by atomic mass is 14.1. The second kappa shape index (κ2) is 14.8. The van der Waals surface area contributed by atoms with Crippen molar-refractivity contribution in [3.63, 3.8) is 0 Å². The maximum atomic E-state index is 2.44. The van der Waals surface area contributed by atoms with Gasteiger partial charge in [0, 0.05) is 0 Å². The topological polar surface area (TPSA) is 0 Å². The van der Waals surface area contributed by atoms with Crippen molar-refractivity contribution in [3.8, 4) is 0 Å². The van der Waals surface area contributed by atoms with Crippen molar-refractivity contribution in [1.82, 2.24) is 0 Å². The predicted molar refractivity (Wildman–Crippen MR) is 85.1 cm³/mol. The molecule has 18 heavy (non-hydrogen) atoms. The van der Waals surface area contributed by atoms with E-state index in [2.05, 4.69) is 32.9 Å². The highest BCUT2D eigenvalue weighted by Gasteiger charge is 2.01. The Kier molecular flexibility index (Phi) is 14.6. The number of rotatable bonds is 13. The molecule has 0 aliphatic carbocycles. The first kappa shape index (κ1) is 17.7. The molecule has 0 aromatic rings. The summed E-state index contributed by atoms with van der Waals surface area (Å²) in [4.78, 5) is 0. The largest absolute Gasteiger partial charge is 0.0888 e. The van der Waals surface area contributed by atoms with Gasteiger partial charge in [0.05, 0.1) is 0 Å². The van der Waals surface area contributed by atoms with Gasteiger partial charge in [0.1, 0.15) is 0 Å². The Morgan fingerprint density at radius 1 is 0.722 bits per heavy atom. The van der Waals surface area contributed by atoms with Gasteiger partial charge >= 0.3 is 0 Å². The Hall–Kier alpha value is -0.260. The summed E-state index contributed by atoms with van der Waals surface area (Å²) in [5, 5.41) is 0. The zero-order chi connectivity index (χ0) is 13.5. The first-order valence-corrected chi connectivity index (χ1v) is 8.46. The van der Waals surface area contributed by atoms with E-state index in [0.717, 1.165) is 5.92 Å². The minimum Gasteiger partial charge on any atom is -0.0888 e. The van der Waals surface area contributed by atoms with E-state index in [4.69, 9.17) is 0 Å². The highest BCUT2D eigenvalue weighted by molar-refractivity contribution is 4.79. The van der Waals surface area contributed by atoms with Crippen LogP contribution in [0.15, 0.2) is 12.2 Å². The van der Waals surface area contributed by atoms with Crippen LogP contribution in [-0.4, -0.2) is 0 Å². The van der Waals surface area contributed by atoms with Gasteiger partial charge in [0.25, 0.3) is 0 Å². The van der Waals surface area contributed by atoms with Crippen LogP contribution in [0.5, 0.6) is 0 Å². The second-order valence-electron chi connectivity index (χ2n) is 5.83. The predicted octanol–water partition coefficient (Wildman–Crippen LogP) is 6.90. The first-order chi connectivity index (χ1) is 8.81. The Morgan fingerprint density at radius 3 is 2.00 bits per heavy atom. The fourth-order valence-corrected chi connectivity index (χ4v) is 2.46. The summed E-state index contributed by atoms with van der Waals surface area (Å²) in [5.74, 6) is 0.962. The third-order valence-electron chi connectivity index (χ3n) is 3.77. The van der Waals surface area contributed by atoms with Crippen LogP contribution in [0.4, 0.5) is 0 Å². The molecule has 1 unspecified atom stereocenters. The van der Waals surface area contributed by atoms with E-state index in [0.29, 0.717) is 0 Å². The smallest absolute Gasteiger partial charge is 0.0351 e. The molecule has 0 aliphatic rings. The van der Waals surface area contributed by atoms with E-state index in [9.17, 15) is 0 Å². The lowest BCUT2D eigenvalue weighted by Crippen LogP contribution is -1.94. The molecule has 0 heteroatoms. The molecule has 0 fully saturated rings. The Morgan fingerprint density at radius 2 is 1.33 bits per heavy atom. The lowest BCUT2D eigenvalue weighted by molar-refractivity contribution is 0.437. The second-order valence-corrected chi connectivity index (χ2v) is 5.83. The molecular formula is C18H36. The summed E-state index contributed by atoms with van der Waals surface area (Å²) in [5.41, 5.74) is 0. The van der Waals surface area contributed by atoms with Crippen LogP contribution in [0.1, 0.15) is 97.8 Å². The minimum absolute atomic E-state index is 0.962. The number of unbranched alkanes of at least 4 members (excludes halogenated alkanes) is 7. The molecule has 0 amide bonds. The van der Waals surface area contributed by atoms with Crippen LogP contribution in [0.25, 0.3) is 0 Å². The zero-order valence-corrected chi connectivity index (χ0v) is 13.2. The highest BCUT2D eigenvalue weighted by Crippen LogP contribution is 2.17. The molecule has 0 aromatic heterocycles. The number of hydrogen-bond acceptors (Lipinski definition) is 0. The summed E-state index contributed by atoms with van der Waals surface area (Å²) in [7, 11) is 0. The lowest BCUT2D eigenvalue weighted by atomic mass is 9.96. The van der Waals surface area contributed by atoms with Gasteiger partial charge in [-0.25, -0.2) is 0 Å². The minimum atomic E-state index is 0.962. The molecule has 0 N–H and O–H groups in total. The molecule has 0 aliphatic heterocycles. The molecular weight excluding hydrogens is 216 g/mol. The van der Waals surface area contributed by atoms with Crippen molar-refractivity contribution in [3.05, 3.63) is 12.2 Å². The van der Waals surface area contributed by atoms with Crippen LogP contribution in [0.2, 0.25) is 0 Å². The maximum absolute atomic E-state index is 2.44. The molecule has 0 rings (SSSR count). The van der Waals surface area contributed by atoms with Gasteiger partial charge in [-0.1, -0.05) is 90.7 Å². The molecule has 0 saturated carbocycles. The van der Waals surface area contributed by atoms with E-state index in [-0.39, 0.29) is 0 Å². The average Bonchev–Trinajstić information content (AvgIpc) is 2.37. The van der Waals surface area contributed by atoms with Crippen LogP contribution >= 0.6 is 0 Å². The molecule has 108 valence electrons. The average molecular weight is 252 g/mol. The SMILES string of the molecule is CC/C=C/CCCCCCCC(C)CCCCC. The normalized spacial score (nSPS) is 13.3. The Labute approximate surface area is 116 Å². The van der Waals surface area contributed by atoms with Gasteiger partial charge in [0.15, 0.2) is 0 Å². The molecule has 0 nitrogen and oxygen atoms in total.